The summed E-state index contributed by atoms with van der Waals surface area (Å²) in [5, 5.41) is 2.77. The molecule has 2 aliphatic heterocycles. The molecule has 1 saturated heterocycles. The van der Waals surface area contributed by atoms with Crippen LogP contribution in [0, 0.1) is 0 Å². The van der Waals surface area contributed by atoms with Crippen molar-refractivity contribution in [1.29, 1.82) is 0 Å². The minimum atomic E-state index is -4.62. The summed E-state index contributed by atoms with van der Waals surface area (Å²) in [6.45, 7) is 6.45. The van der Waals surface area contributed by atoms with Crippen LogP contribution >= 0.6 is 0 Å². The maximum atomic E-state index is 13.0. The number of carbonyl (C=O) groups is 1. The second kappa shape index (κ2) is 8.03. The summed E-state index contributed by atoms with van der Waals surface area (Å²) < 4.78 is 50.6. The zero-order valence-corrected chi connectivity index (χ0v) is 17.4. The smallest absolute Gasteiger partial charge is 0.433 e. The van der Waals surface area contributed by atoms with Gasteiger partial charge in [0.2, 0.25) is 0 Å². The molecule has 4 rings (SSSR count). The molecule has 0 aliphatic carbocycles. The first-order valence-corrected chi connectivity index (χ1v) is 10.2. The Morgan fingerprint density at radius 3 is 2.68 bits per heavy atom. The largest absolute Gasteiger partial charge is 0.487 e. The van der Waals surface area contributed by atoms with Gasteiger partial charge in [-0.3, -0.25) is 4.79 Å². The Morgan fingerprint density at radius 1 is 1.26 bits per heavy atom. The van der Waals surface area contributed by atoms with E-state index in [-0.39, 0.29) is 11.3 Å². The van der Waals surface area contributed by atoms with Crippen LogP contribution in [0.15, 0.2) is 30.3 Å². The Balaban J connectivity index is 1.67. The van der Waals surface area contributed by atoms with Gasteiger partial charge in [0.05, 0.1) is 24.6 Å². The van der Waals surface area contributed by atoms with Crippen LogP contribution in [0.5, 0.6) is 5.75 Å². The van der Waals surface area contributed by atoms with Gasteiger partial charge in [0, 0.05) is 31.1 Å². The number of fused-ring (bicyclic) bond motifs is 1. The van der Waals surface area contributed by atoms with Crippen molar-refractivity contribution in [3.63, 3.8) is 0 Å². The second-order valence-electron chi connectivity index (χ2n) is 8.02. The minimum absolute atomic E-state index is 0.294. The van der Waals surface area contributed by atoms with Gasteiger partial charge in [-0.25, -0.2) is 4.98 Å². The van der Waals surface area contributed by atoms with Crippen molar-refractivity contribution in [3.05, 3.63) is 47.3 Å². The Kier molecular flexibility index (Phi) is 5.55. The summed E-state index contributed by atoms with van der Waals surface area (Å²) in [7, 11) is 0. The fourth-order valence-electron chi connectivity index (χ4n) is 3.82. The molecule has 1 amide bonds. The molecule has 2 aliphatic rings. The van der Waals surface area contributed by atoms with Gasteiger partial charge in [-0.2, -0.15) is 13.2 Å². The van der Waals surface area contributed by atoms with Crippen molar-refractivity contribution in [1.82, 2.24) is 4.98 Å². The fourth-order valence-corrected chi connectivity index (χ4v) is 3.82. The number of anilines is 2. The highest BCUT2D eigenvalue weighted by molar-refractivity contribution is 6.05. The molecular weight excluding hydrogens is 411 g/mol. The lowest BCUT2D eigenvalue weighted by Crippen LogP contribution is -2.36. The van der Waals surface area contributed by atoms with E-state index in [4.69, 9.17) is 9.47 Å². The van der Waals surface area contributed by atoms with Crippen molar-refractivity contribution in [2.75, 3.05) is 36.5 Å². The van der Waals surface area contributed by atoms with Crippen LogP contribution in [0.4, 0.5) is 24.5 Å². The molecule has 6 nitrogen and oxygen atoms in total. The zero-order chi connectivity index (χ0) is 22.2. The molecular formula is C22H24F3N3O3. The SMILES string of the molecule is CC[C@@]1(C)Cc2cc(NC(=O)c3cccc(C(F)(F)F)n3)c(N3CCOCC3)cc2O1. The molecule has 1 aromatic carbocycles. The van der Waals surface area contributed by atoms with Crippen LogP contribution < -0.4 is 15.0 Å². The van der Waals surface area contributed by atoms with E-state index >= 15 is 0 Å². The second-order valence-corrected chi connectivity index (χ2v) is 8.02. The first-order chi connectivity index (χ1) is 14.7. The average molecular weight is 435 g/mol. The molecule has 1 fully saturated rings. The van der Waals surface area contributed by atoms with E-state index in [0.29, 0.717) is 38.4 Å². The third-order valence-corrected chi connectivity index (χ3v) is 5.72. The number of amides is 1. The Morgan fingerprint density at radius 2 is 2.00 bits per heavy atom. The van der Waals surface area contributed by atoms with Crippen molar-refractivity contribution in [3.8, 4) is 5.75 Å². The van der Waals surface area contributed by atoms with Crippen molar-refractivity contribution in [2.24, 2.45) is 0 Å². The molecule has 1 aromatic heterocycles. The summed E-state index contributed by atoms with van der Waals surface area (Å²) in [5.74, 6) is 0.0683. The third-order valence-electron chi connectivity index (χ3n) is 5.72. The molecule has 31 heavy (non-hydrogen) atoms. The Bertz CT molecular complexity index is 990. The maximum absolute atomic E-state index is 13.0. The highest BCUT2D eigenvalue weighted by Crippen LogP contribution is 2.43. The molecule has 0 radical (unpaired) electrons. The summed E-state index contributed by atoms with van der Waals surface area (Å²) in [4.78, 5) is 18.4. The predicted molar refractivity (Wildman–Crippen MR) is 110 cm³/mol. The molecule has 166 valence electrons. The number of carbonyl (C=O) groups excluding carboxylic acids is 1. The van der Waals surface area contributed by atoms with E-state index in [1.807, 2.05) is 19.1 Å². The zero-order valence-electron chi connectivity index (χ0n) is 17.4. The van der Waals surface area contributed by atoms with Gasteiger partial charge < -0.3 is 19.7 Å². The van der Waals surface area contributed by atoms with E-state index in [1.165, 1.54) is 12.1 Å². The van der Waals surface area contributed by atoms with Gasteiger partial charge >= 0.3 is 6.18 Å². The van der Waals surface area contributed by atoms with Gasteiger partial charge in [-0.05, 0) is 31.5 Å². The third kappa shape index (κ3) is 4.46. The molecule has 0 unspecified atom stereocenters. The molecule has 0 spiro atoms. The normalized spacial score (nSPS) is 20.9. The fraction of sp³-hybridized carbons (Fsp3) is 0.455. The van der Waals surface area contributed by atoms with E-state index in [9.17, 15) is 18.0 Å². The first kappa shape index (κ1) is 21.4. The van der Waals surface area contributed by atoms with E-state index in [2.05, 4.69) is 22.1 Å². The van der Waals surface area contributed by atoms with Crippen molar-refractivity contribution >= 4 is 17.3 Å². The molecule has 0 bridgehead atoms. The summed E-state index contributed by atoms with van der Waals surface area (Å²) in [6.07, 6.45) is -3.11. The number of hydrogen-bond acceptors (Lipinski definition) is 5. The van der Waals surface area contributed by atoms with Gasteiger partial charge in [0.15, 0.2) is 0 Å². The predicted octanol–water partition coefficient (Wildman–Crippen LogP) is 4.29. The lowest BCUT2D eigenvalue weighted by molar-refractivity contribution is -0.141. The summed E-state index contributed by atoms with van der Waals surface area (Å²) in [6, 6.07) is 7.04. The molecule has 2 aromatic rings. The Hall–Kier alpha value is -2.81. The van der Waals surface area contributed by atoms with Gasteiger partial charge in [0.25, 0.3) is 5.91 Å². The monoisotopic (exact) mass is 435 g/mol. The number of pyridine rings is 1. The standard InChI is InChI=1S/C22H24F3N3O3/c1-3-21(2)13-14-11-16(17(12-18(14)31-21)28-7-9-30-10-8-28)27-20(29)15-5-4-6-19(26-15)22(23,24)25/h4-6,11-12H,3,7-10,13H2,1-2H3,(H,27,29)/t21-/m0/s1. The number of halogens is 3. The summed E-state index contributed by atoms with van der Waals surface area (Å²) >= 11 is 0. The van der Waals surface area contributed by atoms with E-state index in [1.54, 1.807) is 0 Å². The molecule has 0 saturated carbocycles. The van der Waals surface area contributed by atoms with Crippen molar-refractivity contribution < 1.29 is 27.4 Å². The Labute approximate surface area is 178 Å². The van der Waals surface area contributed by atoms with Crippen LogP contribution in [-0.4, -0.2) is 42.8 Å². The lowest BCUT2D eigenvalue weighted by Gasteiger charge is -2.31. The van der Waals surface area contributed by atoms with Gasteiger partial charge in [-0.1, -0.05) is 13.0 Å². The summed E-state index contributed by atoms with van der Waals surface area (Å²) in [5.41, 5.74) is 0.508. The van der Waals surface area contributed by atoms with Gasteiger partial charge in [0.1, 0.15) is 22.7 Å². The number of rotatable bonds is 4. The number of alkyl halides is 3. The number of nitrogens with one attached hydrogen (secondary N) is 1. The van der Waals surface area contributed by atoms with Crippen LogP contribution in [0.1, 0.15) is 42.0 Å². The van der Waals surface area contributed by atoms with Crippen LogP contribution in [0.3, 0.4) is 0 Å². The van der Waals surface area contributed by atoms with Gasteiger partial charge in [-0.15, -0.1) is 0 Å². The van der Waals surface area contributed by atoms with Crippen LogP contribution in [0.25, 0.3) is 0 Å². The quantitative estimate of drug-likeness (QED) is 0.776. The number of hydrogen-bond donors (Lipinski definition) is 1. The van der Waals surface area contributed by atoms with Crippen molar-refractivity contribution in [2.45, 2.75) is 38.5 Å². The molecule has 9 heteroatoms. The van der Waals surface area contributed by atoms with Crippen LogP contribution in [-0.2, 0) is 17.3 Å². The average Bonchev–Trinajstić information content (AvgIpc) is 3.09. The minimum Gasteiger partial charge on any atom is -0.487 e. The highest BCUT2D eigenvalue weighted by atomic mass is 19.4. The topological polar surface area (TPSA) is 63.7 Å². The number of nitrogens with zero attached hydrogens (tertiary/aromatic N) is 2. The lowest BCUT2D eigenvalue weighted by atomic mass is 9.96. The maximum Gasteiger partial charge on any atom is 0.433 e. The van der Waals surface area contributed by atoms with Crippen LogP contribution in [0.2, 0.25) is 0 Å². The molecule has 3 heterocycles. The van der Waals surface area contributed by atoms with E-state index < -0.39 is 17.8 Å². The molecule has 1 N–H and O–H groups in total. The number of morpholine rings is 1. The number of ether oxygens (including phenoxy) is 2. The first-order valence-electron chi connectivity index (χ1n) is 10.2. The highest BCUT2D eigenvalue weighted by Gasteiger charge is 2.35. The molecule has 1 atom stereocenters. The number of aromatic nitrogens is 1. The number of benzene rings is 1. The van der Waals surface area contributed by atoms with E-state index in [0.717, 1.165) is 29.5 Å².